The Balaban J connectivity index is 1.95. The maximum absolute atomic E-state index is 4.37. The summed E-state index contributed by atoms with van der Waals surface area (Å²) in [6.45, 7) is 5.06. The van der Waals surface area contributed by atoms with Crippen LogP contribution < -0.4 is 5.32 Å². The lowest BCUT2D eigenvalue weighted by atomic mass is 10.2. The first-order valence-electron chi connectivity index (χ1n) is 6.16. The molecule has 0 aromatic carbocycles. The number of rotatable bonds is 5. The highest BCUT2D eigenvalue weighted by Gasteiger charge is 2.00. The van der Waals surface area contributed by atoms with Crippen molar-refractivity contribution in [2.45, 2.75) is 32.9 Å². The molecule has 0 fully saturated rings. The van der Waals surface area contributed by atoms with Crippen LogP contribution in [0.1, 0.15) is 30.8 Å². The van der Waals surface area contributed by atoms with Crippen LogP contribution >= 0.6 is 0 Å². The Kier molecular flexibility index (Phi) is 4.36. The van der Waals surface area contributed by atoms with Gasteiger partial charge in [0.2, 0.25) is 0 Å². The van der Waals surface area contributed by atoms with Crippen molar-refractivity contribution in [3.8, 4) is 0 Å². The van der Waals surface area contributed by atoms with Crippen LogP contribution in [0.4, 0.5) is 0 Å². The molecule has 0 unspecified atom stereocenters. The van der Waals surface area contributed by atoms with Crippen molar-refractivity contribution in [2.75, 3.05) is 0 Å². The highest BCUT2D eigenvalue weighted by molar-refractivity contribution is 5.15. The molecule has 2 aromatic heterocycles. The third kappa shape index (κ3) is 3.89. The monoisotopic (exact) mass is 242 g/mol. The predicted molar refractivity (Wildman–Crippen MR) is 71.1 cm³/mol. The number of nitrogens with one attached hydrogen (secondary N) is 1. The van der Waals surface area contributed by atoms with Gasteiger partial charge < -0.3 is 5.32 Å². The molecule has 2 aromatic rings. The van der Waals surface area contributed by atoms with Crippen LogP contribution in [0.25, 0.3) is 0 Å². The smallest absolute Gasteiger partial charge is 0.132 e. The molecule has 0 saturated carbocycles. The van der Waals surface area contributed by atoms with Crippen molar-refractivity contribution in [3.63, 3.8) is 0 Å². The van der Waals surface area contributed by atoms with Crippen molar-refractivity contribution in [3.05, 3.63) is 53.9 Å². The summed E-state index contributed by atoms with van der Waals surface area (Å²) in [5.74, 6) is 0.830. The van der Waals surface area contributed by atoms with Crippen LogP contribution in [-0.4, -0.2) is 21.0 Å². The highest BCUT2D eigenvalue weighted by Crippen LogP contribution is 2.04. The Bertz CT molecular complexity index is 465. The molecule has 0 amide bonds. The van der Waals surface area contributed by atoms with Gasteiger partial charge in [0.25, 0.3) is 0 Å². The van der Waals surface area contributed by atoms with Crippen LogP contribution in [0, 0.1) is 0 Å². The Morgan fingerprint density at radius 3 is 2.50 bits per heavy atom. The average molecular weight is 242 g/mol. The molecule has 0 atom stereocenters. The minimum absolute atomic E-state index is 0.472. The first-order valence-corrected chi connectivity index (χ1v) is 6.16. The first-order chi connectivity index (χ1) is 8.74. The van der Waals surface area contributed by atoms with Gasteiger partial charge in [0.05, 0.1) is 0 Å². The van der Waals surface area contributed by atoms with Crippen LogP contribution in [-0.2, 0) is 13.0 Å². The van der Waals surface area contributed by atoms with E-state index in [1.165, 1.54) is 0 Å². The van der Waals surface area contributed by atoms with Crippen molar-refractivity contribution >= 4 is 0 Å². The third-order valence-corrected chi connectivity index (χ3v) is 2.56. The normalized spacial score (nSPS) is 10.8. The second-order valence-corrected chi connectivity index (χ2v) is 4.58. The van der Waals surface area contributed by atoms with Gasteiger partial charge >= 0.3 is 0 Å². The van der Waals surface area contributed by atoms with Crippen LogP contribution in [0.15, 0.2) is 36.9 Å². The summed E-state index contributed by atoms with van der Waals surface area (Å²) in [5.41, 5.74) is 2.24. The Morgan fingerprint density at radius 1 is 1.11 bits per heavy atom. The number of pyridine rings is 1. The van der Waals surface area contributed by atoms with Gasteiger partial charge in [-0.15, -0.1) is 0 Å². The van der Waals surface area contributed by atoms with Crippen molar-refractivity contribution in [1.29, 1.82) is 0 Å². The van der Waals surface area contributed by atoms with Gasteiger partial charge in [-0.3, -0.25) is 4.98 Å². The van der Waals surface area contributed by atoms with Crippen LogP contribution in [0.2, 0.25) is 0 Å². The largest absolute Gasteiger partial charge is 0.310 e. The standard InChI is InChI=1S/C14H18N4/c1-11(2)16-8-13-9-17-14(18-10-13)6-12-4-3-5-15-7-12/h3-5,7,9-11,16H,6,8H2,1-2H3. The number of hydrogen-bond donors (Lipinski definition) is 1. The average Bonchev–Trinajstić information content (AvgIpc) is 2.39. The molecule has 2 rings (SSSR count). The van der Waals surface area contributed by atoms with Crippen LogP contribution in [0.5, 0.6) is 0 Å². The maximum atomic E-state index is 4.37. The topological polar surface area (TPSA) is 50.7 Å². The van der Waals surface area contributed by atoms with Gasteiger partial charge in [-0.2, -0.15) is 0 Å². The molecular weight excluding hydrogens is 224 g/mol. The third-order valence-electron chi connectivity index (χ3n) is 2.56. The number of aromatic nitrogens is 3. The molecule has 0 aliphatic rings. The van der Waals surface area contributed by atoms with E-state index in [9.17, 15) is 0 Å². The van der Waals surface area contributed by atoms with E-state index >= 15 is 0 Å². The zero-order valence-corrected chi connectivity index (χ0v) is 10.8. The zero-order valence-electron chi connectivity index (χ0n) is 10.8. The van der Waals surface area contributed by atoms with Gasteiger partial charge in [0.1, 0.15) is 5.82 Å². The fraction of sp³-hybridized carbons (Fsp3) is 0.357. The van der Waals surface area contributed by atoms with Crippen molar-refractivity contribution in [1.82, 2.24) is 20.3 Å². The summed E-state index contributed by atoms with van der Waals surface area (Å²) < 4.78 is 0. The van der Waals surface area contributed by atoms with Gasteiger partial charge in [0, 0.05) is 49.4 Å². The van der Waals surface area contributed by atoms with E-state index in [0.717, 1.165) is 29.9 Å². The summed E-state index contributed by atoms with van der Waals surface area (Å²) in [4.78, 5) is 12.8. The molecule has 1 N–H and O–H groups in total. The quantitative estimate of drug-likeness (QED) is 0.870. The summed E-state index contributed by atoms with van der Waals surface area (Å²) in [6, 6.07) is 4.43. The second-order valence-electron chi connectivity index (χ2n) is 4.58. The summed E-state index contributed by atoms with van der Waals surface area (Å²) >= 11 is 0. The van der Waals surface area contributed by atoms with E-state index in [1.807, 2.05) is 30.7 Å². The fourth-order valence-corrected chi connectivity index (χ4v) is 1.57. The Labute approximate surface area is 108 Å². The second kappa shape index (κ2) is 6.21. The van der Waals surface area contributed by atoms with E-state index in [1.54, 1.807) is 6.20 Å². The molecule has 0 saturated heterocycles. The fourth-order valence-electron chi connectivity index (χ4n) is 1.57. The molecular formula is C14H18N4. The molecule has 2 heterocycles. The van der Waals surface area contributed by atoms with Gasteiger partial charge in [0.15, 0.2) is 0 Å². The molecule has 4 heteroatoms. The Hall–Kier alpha value is -1.81. The summed E-state index contributed by atoms with van der Waals surface area (Å²) in [5, 5.41) is 3.34. The van der Waals surface area contributed by atoms with Gasteiger partial charge in [-0.1, -0.05) is 19.9 Å². The van der Waals surface area contributed by atoms with E-state index in [-0.39, 0.29) is 0 Å². The van der Waals surface area contributed by atoms with E-state index < -0.39 is 0 Å². The lowest BCUT2D eigenvalue weighted by molar-refractivity contribution is 0.586. The summed E-state index contributed by atoms with van der Waals surface area (Å²) in [6.07, 6.45) is 8.11. The van der Waals surface area contributed by atoms with Gasteiger partial charge in [-0.05, 0) is 11.6 Å². The highest BCUT2D eigenvalue weighted by atomic mass is 14.9. The minimum Gasteiger partial charge on any atom is -0.310 e. The number of hydrogen-bond acceptors (Lipinski definition) is 4. The molecule has 94 valence electrons. The van der Waals surface area contributed by atoms with E-state index in [0.29, 0.717) is 6.04 Å². The molecule has 0 radical (unpaired) electrons. The first kappa shape index (κ1) is 12.6. The van der Waals surface area contributed by atoms with Crippen molar-refractivity contribution < 1.29 is 0 Å². The number of nitrogens with zero attached hydrogens (tertiary/aromatic N) is 3. The van der Waals surface area contributed by atoms with E-state index in [4.69, 9.17) is 0 Å². The minimum atomic E-state index is 0.472. The van der Waals surface area contributed by atoms with Crippen LogP contribution in [0.3, 0.4) is 0 Å². The lowest BCUT2D eigenvalue weighted by Crippen LogP contribution is -2.22. The van der Waals surface area contributed by atoms with Gasteiger partial charge in [-0.25, -0.2) is 9.97 Å². The predicted octanol–water partition coefficient (Wildman–Crippen LogP) is 1.96. The molecule has 0 bridgehead atoms. The molecule has 0 spiro atoms. The Morgan fingerprint density at radius 2 is 1.89 bits per heavy atom. The SMILES string of the molecule is CC(C)NCc1cnc(Cc2cccnc2)nc1. The molecule has 4 nitrogen and oxygen atoms in total. The maximum Gasteiger partial charge on any atom is 0.132 e. The van der Waals surface area contributed by atoms with Crippen molar-refractivity contribution in [2.24, 2.45) is 0 Å². The molecule has 0 aliphatic heterocycles. The van der Waals surface area contributed by atoms with E-state index in [2.05, 4.69) is 34.1 Å². The summed E-state index contributed by atoms with van der Waals surface area (Å²) in [7, 11) is 0. The lowest BCUT2D eigenvalue weighted by Gasteiger charge is -2.07. The molecule has 0 aliphatic carbocycles. The zero-order chi connectivity index (χ0) is 12.8. The molecule has 18 heavy (non-hydrogen) atoms.